The summed E-state index contributed by atoms with van der Waals surface area (Å²) >= 11 is 0. The molecule has 2 fully saturated rings. The lowest BCUT2D eigenvalue weighted by Crippen LogP contribution is -2.45. The number of benzene rings is 1. The second-order valence-corrected chi connectivity index (χ2v) is 21.9. The standard InChI is InChI=1S/C39H66F3NO12P2S2/c1-37(2,39(40,41)42)53-21-7-20-52-36-14-13-35-34-11-9-30-26-31(10-12-32(30)33(34)15-16-38(35,36)3)51-22-18-43-17-6-24-58-59-25-23-50-19-5-8-29(27-54-56(44,45)46)28-55-57(47,48)49-4/h10,12,26,29,33-36,43H,5-9,11,13-25,27-28H2,1-4H3,(H,47,48)(H2,44,45,46). The lowest BCUT2D eigenvalue weighted by molar-refractivity contribution is -0.264. The van der Waals surface area contributed by atoms with Crippen LogP contribution in [0.5, 0.6) is 5.75 Å². The third kappa shape index (κ3) is 16.6. The van der Waals surface area contributed by atoms with Crippen LogP contribution in [0.1, 0.15) is 95.6 Å². The summed E-state index contributed by atoms with van der Waals surface area (Å²) in [7, 11) is -4.33. The summed E-state index contributed by atoms with van der Waals surface area (Å²) in [5.74, 6) is 3.97. The molecule has 59 heavy (non-hydrogen) atoms. The molecule has 3 aliphatic carbocycles. The van der Waals surface area contributed by atoms with Gasteiger partial charge in [-0.1, -0.05) is 34.6 Å². The van der Waals surface area contributed by atoms with Gasteiger partial charge in [0.25, 0.3) is 0 Å². The Balaban J connectivity index is 1.02. The summed E-state index contributed by atoms with van der Waals surface area (Å²) in [6.07, 6.45) is 4.76. The van der Waals surface area contributed by atoms with Crippen molar-refractivity contribution in [2.24, 2.45) is 23.2 Å². The van der Waals surface area contributed by atoms with E-state index in [0.717, 1.165) is 96.2 Å². The zero-order valence-electron chi connectivity index (χ0n) is 34.8. The maximum atomic E-state index is 13.1. The Kier molecular flexibility index (Phi) is 20.9. The Morgan fingerprint density at radius 2 is 1.68 bits per heavy atom. The van der Waals surface area contributed by atoms with Gasteiger partial charge in [0.2, 0.25) is 0 Å². The first kappa shape index (κ1) is 51.2. The number of hydrogen-bond donors (Lipinski definition) is 4. The highest BCUT2D eigenvalue weighted by atomic mass is 33.1. The first-order valence-electron chi connectivity index (χ1n) is 20.7. The molecule has 7 atom stereocenters. The minimum atomic E-state index is -4.68. The predicted octanol–water partition coefficient (Wildman–Crippen LogP) is 8.70. The average Bonchev–Trinajstić information content (AvgIpc) is 3.51. The molecule has 0 bridgehead atoms. The van der Waals surface area contributed by atoms with Crippen molar-refractivity contribution in [3.05, 3.63) is 29.3 Å². The number of fused-ring (bicyclic) bond motifs is 5. The van der Waals surface area contributed by atoms with Crippen LogP contribution in [0.4, 0.5) is 13.2 Å². The molecule has 0 spiro atoms. The van der Waals surface area contributed by atoms with E-state index in [1.807, 2.05) is 0 Å². The Labute approximate surface area is 355 Å². The smallest absolute Gasteiger partial charge is 0.471 e. The molecule has 4 N–H and O–H groups in total. The molecular formula is C39H66F3NO12P2S2. The van der Waals surface area contributed by atoms with Crippen LogP contribution in [-0.2, 0) is 43.3 Å². The van der Waals surface area contributed by atoms with Gasteiger partial charge in [0.15, 0.2) is 5.60 Å². The van der Waals surface area contributed by atoms with Crippen molar-refractivity contribution in [1.82, 2.24) is 5.32 Å². The van der Waals surface area contributed by atoms with Crippen LogP contribution in [0.2, 0.25) is 0 Å². The van der Waals surface area contributed by atoms with Crippen LogP contribution in [0.3, 0.4) is 0 Å². The molecule has 4 rings (SSSR count). The van der Waals surface area contributed by atoms with Gasteiger partial charge in [-0.2, -0.15) is 13.2 Å². The Morgan fingerprint density at radius 3 is 2.42 bits per heavy atom. The summed E-state index contributed by atoms with van der Waals surface area (Å²) in [4.78, 5) is 27.3. The van der Waals surface area contributed by atoms with Crippen LogP contribution in [-0.4, -0.2) is 111 Å². The molecule has 7 unspecified atom stereocenters. The zero-order valence-corrected chi connectivity index (χ0v) is 38.3. The molecule has 342 valence electrons. The minimum absolute atomic E-state index is 0.0266. The Bertz CT molecular complexity index is 1510. The molecule has 0 aliphatic heterocycles. The van der Waals surface area contributed by atoms with Crippen molar-refractivity contribution in [1.29, 1.82) is 0 Å². The van der Waals surface area contributed by atoms with Crippen LogP contribution in [0.15, 0.2) is 18.2 Å². The van der Waals surface area contributed by atoms with Crippen LogP contribution < -0.4 is 10.1 Å². The molecule has 13 nitrogen and oxygen atoms in total. The number of ether oxygens (including phenoxy) is 4. The quantitative estimate of drug-likeness (QED) is 0.0341. The average molecular weight is 924 g/mol. The predicted molar refractivity (Wildman–Crippen MR) is 224 cm³/mol. The fraction of sp³-hybridized carbons (Fsp3) is 0.846. The highest BCUT2D eigenvalue weighted by Crippen LogP contribution is 2.61. The third-order valence-corrected chi connectivity index (χ3v) is 15.8. The fourth-order valence-corrected chi connectivity index (χ4v) is 11.5. The van der Waals surface area contributed by atoms with Gasteiger partial charge in [-0.25, -0.2) is 9.13 Å². The highest BCUT2D eigenvalue weighted by Gasteiger charge is 2.55. The maximum Gasteiger partial charge on any atom is 0.471 e. The molecular weight excluding hydrogens is 858 g/mol. The van der Waals surface area contributed by atoms with Gasteiger partial charge in [0, 0.05) is 50.9 Å². The second kappa shape index (κ2) is 24.0. The lowest BCUT2D eigenvalue weighted by Gasteiger charge is -2.50. The van der Waals surface area contributed by atoms with E-state index < -0.39 is 33.3 Å². The third-order valence-electron chi connectivity index (χ3n) is 12.0. The zero-order chi connectivity index (χ0) is 43.2. The first-order valence-corrected chi connectivity index (χ1v) is 26.2. The van der Waals surface area contributed by atoms with E-state index in [4.69, 9.17) is 33.3 Å². The summed E-state index contributed by atoms with van der Waals surface area (Å²) in [5, 5.41) is 3.46. The van der Waals surface area contributed by atoms with Gasteiger partial charge < -0.3 is 38.9 Å². The normalized spacial score (nSPS) is 24.9. The number of halogens is 3. The number of rotatable bonds is 29. The van der Waals surface area contributed by atoms with Gasteiger partial charge in [-0.05, 0) is 131 Å². The molecule has 2 saturated carbocycles. The number of alkyl halides is 3. The fourth-order valence-electron chi connectivity index (χ4n) is 8.65. The van der Waals surface area contributed by atoms with Crippen LogP contribution in [0.25, 0.3) is 0 Å². The Hall–Kier alpha value is -0.430. The summed E-state index contributed by atoms with van der Waals surface area (Å²) in [6, 6.07) is 6.64. The molecule has 0 saturated heterocycles. The molecule has 0 radical (unpaired) electrons. The number of aryl methyl sites for hydroxylation is 1. The number of phosphoric acid groups is 2. The summed E-state index contributed by atoms with van der Waals surface area (Å²) in [6.45, 7) is 7.61. The second-order valence-electron chi connectivity index (χ2n) is 16.4. The van der Waals surface area contributed by atoms with Crippen molar-refractivity contribution >= 4 is 37.2 Å². The van der Waals surface area contributed by atoms with Crippen LogP contribution in [0, 0.1) is 23.2 Å². The van der Waals surface area contributed by atoms with E-state index in [1.165, 1.54) is 11.1 Å². The minimum Gasteiger partial charge on any atom is -0.492 e. The molecule has 1 aromatic carbocycles. The van der Waals surface area contributed by atoms with Crippen molar-refractivity contribution < 1.29 is 69.5 Å². The van der Waals surface area contributed by atoms with E-state index >= 15 is 0 Å². The lowest BCUT2D eigenvalue weighted by atomic mass is 9.55. The van der Waals surface area contributed by atoms with E-state index in [0.29, 0.717) is 63.4 Å². The number of nitrogens with one attached hydrogen (secondary N) is 1. The van der Waals surface area contributed by atoms with Gasteiger partial charge in [0.1, 0.15) is 12.4 Å². The van der Waals surface area contributed by atoms with Crippen molar-refractivity contribution in [2.75, 3.05) is 78.0 Å². The van der Waals surface area contributed by atoms with Crippen molar-refractivity contribution in [3.63, 3.8) is 0 Å². The van der Waals surface area contributed by atoms with E-state index in [-0.39, 0.29) is 31.3 Å². The molecule has 3 aliphatic rings. The van der Waals surface area contributed by atoms with Gasteiger partial charge in [-0.15, -0.1) is 0 Å². The monoisotopic (exact) mass is 923 g/mol. The topological polar surface area (TPSA) is 171 Å². The van der Waals surface area contributed by atoms with E-state index in [1.54, 1.807) is 21.6 Å². The van der Waals surface area contributed by atoms with E-state index in [9.17, 15) is 27.2 Å². The van der Waals surface area contributed by atoms with Crippen molar-refractivity contribution in [2.45, 2.75) is 109 Å². The Morgan fingerprint density at radius 1 is 0.915 bits per heavy atom. The maximum absolute atomic E-state index is 13.1. The largest absolute Gasteiger partial charge is 0.492 e. The van der Waals surface area contributed by atoms with Gasteiger partial charge in [-0.3, -0.25) is 13.6 Å². The summed E-state index contributed by atoms with van der Waals surface area (Å²) < 4.78 is 98.9. The number of phosphoric ester groups is 2. The molecule has 0 aromatic heterocycles. The van der Waals surface area contributed by atoms with Gasteiger partial charge in [0.05, 0.1) is 25.9 Å². The summed E-state index contributed by atoms with van der Waals surface area (Å²) in [5.41, 5.74) is 0.815. The highest BCUT2D eigenvalue weighted by molar-refractivity contribution is 8.76. The molecule has 0 amide bonds. The molecule has 0 heterocycles. The van der Waals surface area contributed by atoms with Crippen LogP contribution >= 0.6 is 37.2 Å². The molecule has 1 aromatic rings. The van der Waals surface area contributed by atoms with E-state index in [2.05, 4.69) is 39.5 Å². The van der Waals surface area contributed by atoms with Gasteiger partial charge >= 0.3 is 21.8 Å². The number of hydrogen-bond acceptors (Lipinski definition) is 12. The molecule has 20 heteroatoms. The first-order chi connectivity index (χ1) is 27.9. The SMILES string of the molecule is COP(=O)(O)OCC(CCCOCCSSCCCNCCOc1ccc2c(c1)CCC1C2CCC2(C)C(OCCCOC(C)(C)C(F)(F)F)CCC12)COP(=O)(O)O. The van der Waals surface area contributed by atoms with Crippen molar-refractivity contribution in [3.8, 4) is 5.75 Å².